The second-order valence-corrected chi connectivity index (χ2v) is 3.87. The minimum atomic E-state index is 0.434. The molecule has 90 valence electrons. The van der Waals surface area contributed by atoms with Crippen molar-refractivity contribution in [2.45, 2.75) is 13.3 Å². The summed E-state index contributed by atoms with van der Waals surface area (Å²) in [5, 5.41) is 11.6. The smallest absolute Gasteiger partial charge is 0.249 e. The van der Waals surface area contributed by atoms with E-state index in [1.165, 1.54) is 0 Å². The summed E-state index contributed by atoms with van der Waals surface area (Å²) >= 11 is 5.99. The SMILES string of the molecule is CCNCCc1nnc(-c2ccncc2Cl)o1. The van der Waals surface area contributed by atoms with Gasteiger partial charge in [-0.05, 0) is 12.6 Å². The van der Waals surface area contributed by atoms with Gasteiger partial charge in [0.2, 0.25) is 11.8 Å². The van der Waals surface area contributed by atoms with Gasteiger partial charge in [-0.1, -0.05) is 18.5 Å². The van der Waals surface area contributed by atoms with Crippen molar-refractivity contribution in [3.8, 4) is 11.5 Å². The van der Waals surface area contributed by atoms with Crippen LogP contribution in [0.25, 0.3) is 11.5 Å². The molecule has 0 atom stereocenters. The van der Waals surface area contributed by atoms with Gasteiger partial charge in [-0.25, -0.2) is 0 Å². The van der Waals surface area contributed by atoms with Gasteiger partial charge in [0.25, 0.3) is 0 Å². The lowest BCUT2D eigenvalue weighted by Gasteiger charge is -1.97. The first-order chi connectivity index (χ1) is 8.31. The van der Waals surface area contributed by atoms with Crippen molar-refractivity contribution in [3.05, 3.63) is 29.4 Å². The fourth-order valence-corrected chi connectivity index (χ4v) is 1.58. The van der Waals surface area contributed by atoms with Crippen LogP contribution in [-0.4, -0.2) is 28.3 Å². The zero-order valence-corrected chi connectivity index (χ0v) is 10.2. The van der Waals surface area contributed by atoms with Crippen LogP contribution in [0, 0.1) is 0 Å². The fourth-order valence-electron chi connectivity index (χ4n) is 1.38. The van der Waals surface area contributed by atoms with Crippen LogP contribution in [0.1, 0.15) is 12.8 Å². The van der Waals surface area contributed by atoms with Gasteiger partial charge in [0.05, 0.1) is 10.6 Å². The average molecular weight is 253 g/mol. The van der Waals surface area contributed by atoms with Gasteiger partial charge in [-0.2, -0.15) is 0 Å². The molecule has 0 saturated carbocycles. The molecule has 2 rings (SSSR count). The van der Waals surface area contributed by atoms with Gasteiger partial charge in [-0.15, -0.1) is 10.2 Å². The Balaban J connectivity index is 2.10. The summed E-state index contributed by atoms with van der Waals surface area (Å²) in [5.74, 6) is 1.04. The van der Waals surface area contributed by atoms with Crippen molar-refractivity contribution in [2.24, 2.45) is 0 Å². The molecule has 0 unspecified atom stereocenters. The Bertz CT molecular complexity index is 486. The standard InChI is InChI=1S/C11H13ClN4O/c1-2-13-6-4-10-15-16-11(17-10)8-3-5-14-7-9(8)12/h3,5,7,13H,2,4,6H2,1H3. The van der Waals surface area contributed by atoms with Crippen LogP contribution in [0.15, 0.2) is 22.9 Å². The van der Waals surface area contributed by atoms with Crippen LogP contribution in [0.3, 0.4) is 0 Å². The summed E-state index contributed by atoms with van der Waals surface area (Å²) in [6, 6.07) is 1.75. The van der Waals surface area contributed by atoms with Crippen LogP contribution in [0.5, 0.6) is 0 Å². The van der Waals surface area contributed by atoms with Gasteiger partial charge >= 0.3 is 0 Å². The van der Waals surface area contributed by atoms with Crippen LogP contribution in [-0.2, 0) is 6.42 Å². The Labute approximate surface area is 104 Å². The average Bonchev–Trinajstić information content (AvgIpc) is 2.79. The summed E-state index contributed by atoms with van der Waals surface area (Å²) in [6.07, 6.45) is 3.91. The second kappa shape index (κ2) is 5.75. The quantitative estimate of drug-likeness (QED) is 0.824. The predicted octanol–water partition coefficient (Wildman–Crippen LogP) is 1.94. The number of pyridine rings is 1. The third-order valence-electron chi connectivity index (χ3n) is 2.24. The minimum Gasteiger partial charge on any atom is -0.421 e. The third kappa shape index (κ3) is 3.01. The summed E-state index contributed by atoms with van der Waals surface area (Å²) in [4.78, 5) is 3.91. The molecule has 0 fully saturated rings. The Morgan fingerprint density at radius 2 is 2.29 bits per heavy atom. The monoisotopic (exact) mass is 252 g/mol. The summed E-state index contributed by atoms with van der Waals surface area (Å²) in [6.45, 7) is 3.80. The minimum absolute atomic E-state index is 0.434. The molecule has 0 amide bonds. The Hall–Kier alpha value is -1.46. The molecule has 0 aliphatic rings. The van der Waals surface area contributed by atoms with E-state index in [0.717, 1.165) is 13.1 Å². The second-order valence-electron chi connectivity index (χ2n) is 3.46. The summed E-state index contributed by atoms with van der Waals surface area (Å²) in [5.41, 5.74) is 0.712. The number of rotatable bonds is 5. The Morgan fingerprint density at radius 1 is 1.41 bits per heavy atom. The molecule has 0 aliphatic heterocycles. The predicted molar refractivity (Wildman–Crippen MR) is 64.8 cm³/mol. The lowest BCUT2D eigenvalue weighted by atomic mass is 10.3. The first-order valence-corrected chi connectivity index (χ1v) is 5.82. The number of likely N-dealkylation sites (N-methyl/N-ethyl adjacent to an activating group) is 1. The van der Waals surface area contributed by atoms with E-state index in [2.05, 4.69) is 27.4 Å². The van der Waals surface area contributed by atoms with Crippen molar-refractivity contribution in [1.29, 1.82) is 0 Å². The highest BCUT2D eigenvalue weighted by molar-refractivity contribution is 6.32. The van der Waals surface area contributed by atoms with Gasteiger partial charge in [0, 0.05) is 25.4 Å². The van der Waals surface area contributed by atoms with E-state index in [9.17, 15) is 0 Å². The number of nitrogens with zero attached hydrogens (tertiary/aromatic N) is 3. The lowest BCUT2D eigenvalue weighted by molar-refractivity contribution is 0.496. The van der Waals surface area contributed by atoms with E-state index >= 15 is 0 Å². The highest BCUT2D eigenvalue weighted by Gasteiger charge is 2.11. The van der Waals surface area contributed by atoms with Crippen molar-refractivity contribution < 1.29 is 4.42 Å². The largest absolute Gasteiger partial charge is 0.421 e. The molecular formula is C11H13ClN4O. The van der Waals surface area contributed by atoms with Gasteiger partial charge < -0.3 is 9.73 Å². The summed E-state index contributed by atoms with van der Waals surface area (Å²) in [7, 11) is 0. The Kier molecular flexibility index (Phi) is 4.06. The fraction of sp³-hybridized carbons (Fsp3) is 0.364. The lowest BCUT2D eigenvalue weighted by Crippen LogP contribution is -2.16. The first-order valence-electron chi connectivity index (χ1n) is 5.44. The number of aromatic nitrogens is 3. The van der Waals surface area contributed by atoms with Gasteiger partial charge in [-0.3, -0.25) is 4.98 Å². The molecule has 2 aromatic heterocycles. The molecule has 2 aromatic rings. The molecule has 6 heteroatoms. The normalized spacial score (nSPS) is 10.7. The van der Waals surface area contributed by atoms with Crippen LogP contribution in [0.4, 0.5) is 0 Å². The van der Waals surface area contributed by atoms with E-state index in [-0.39, 0.29) is 0 Å². The molecule has 5 nitrogen and oxygen atoms in total. The molecule has 2 heterocycles. The highest BCUT2D eigenvalue weighted by atomic mass is 35.5. The molecule has 17 heavy (non-hydrogen) atoms. The maximum absolute atomic E-state index is 5.99. The van der Waals surface area contributed by atoms with Crippen molar-refractivity contribution in [3.63, 3.8) is 0 Å². The molecule has 0 bridgehead atoms. The van der Waals surface area contributed by atoms with Crippen molar-refractivity contribution in [1.82, 2.24) is 20.5 Å². The van der Waals surface area contributed by atoms with E-state index in [1.54, 1.807) is 18.5 Å². The summed E-state index contributed by atoms with van der Waals surface area (Å²) < 4.78 is 5.52. The molecule has 0 aromatic carbocycles. The van der Waals surface area contributed by atoms with Crippen molar-refractivity contribution >= 4 is 11.6 Å². The van der Waals surface area contributed by atoms with E-state index < -0.39 is 0 Å². The van der Waals surface area contributed by atoms with Crippen LogP contribution < -0.4 is 5.32 Å². The molecule has 1 N–H and O–H groups in total. The molecular weight excluding hydrogens is 240 g/mol. The third-order valence-corrected chi connectivity index (χ3v) is 2.54. The number of nitrogens with one attached hydrogen (secondary N) is 1. The molecule has 0 aliphatic carbocycles. The number of halogens is 1. The first kappa shape index (κ1) is 12.0. The van der Waals surface area contributed by atoms with Gasteiger partial charge in [0.15, 0.2) is 0 Å². The van der Waals surface area contributed by atoms with Crippen LogP contribution >= 0.6 is 11.6 Å². The van der Waals surface area contributed by atoms with E-state index in [4.69, 9.17) is 16.0 Å². The highest BCUT2D eigenvalue weighted by Crippen LogP contribution is 2.25. The molecule has 0 saturated heterocycles. The number of hydrogen-bond acceptors (Lipinski definition) is 5. The van der Waals surface area contributed by atoms with Crippen LogP contribution in [0.2, 0.25) is 5.02 Å². The maximum atomic E-state index is 5.99. The molecule has 0 radical (unpaired) electrons. The van der Waals surface area contributed by atoms with Gasteiger partial charge in [0.1, 0.15) is 0 Å². The number of hydrogen-bond donors (Lipinski definition) is 1. The Morgan fingerprint density at radius 3 is 3.06 bits per heavy atom. The molecule has 0 spiro atoms. The van der Waals surface area contributed by atoms with E-state index in [0.29, 0.717) is 28.8 Å². The zero-order chi connectivity index (χ0) is 12.1. The van der Waals surface area contributed by atoms with Crippen molar-refractivity contribution in [2.75, 3.05) is 13.1 Å². The zero-order valence-electron chi connectivity index (χ0n) is 9.48. The maximum Gasteiger partial charge on any atom is 0.249 e. The van der Waals surface area contributed by atoms with E-state index in [1.807, 2.05) is 0 Å². The topological polar surface area (TPSA) is 63.8 Å².